The van der Waals surface area contributed by atoms with Gasteiger partial charge >= 0.3 is 0 Å². The number of nitrogens with two attached hydrogens (primary N) is 1. The van der Waals surface area contributed by atoms with Gasteiger partial charge in [-0.3, -0.25) is 15.0 Å². The first kappa shape index (κ1) is 13.6. The number of nitrogens with one attached hydrogen (secondary N) is 1. The van der Waals surface area contributed by atoms with Crippen LogP contribution in [0.4, 0.5) is 0 Å². The van der Waals surface area contributed by atoms with Gasteiger partial charge in [0.05, 0.1) is 12.1 Å². The number of carbonyl (C=O) groups is 2. The van der Waals surface area contributed by atoms with Crippen molar-refractivity contribution in [3.05, 3.63) is 23.7 Å². The van der Waals surface area contributed by atoms with Crippen LogP contribution in [-0.4, -0.2) is 23.3 Å². The lowest BCUT2D eigenvalue weighted by Crippen LogP contribution is -2.29. The molecule has 1 fully saturated rings. The van der Waals surface area contributed by atoms with E-state index in [2.05, 4.69) is 13.8 Å². The van der Waals surface area contributed by atoms with Crippen LogP contribution in [0, 0.1) is 11.8 Å². The molecule has 104 valence electrons. The maximum absolute atomic E-state index is 11.9. The maximum Gasteiger partial charge on any atom is 0.268 e. The summed E-state index contributed by atoms with van der Waals surface area (Å²) in [6.07, 6.45) is 1.94. The molecule has 19 heavy (non-hydrogen) atoms. The highest BCUT2D eigenvalue weighted by molar-refractivity contribution is 5.93. The fourth-order valence-electron chi connectivity index (χ4n) is 2.26. The first-order valence-corrected chi connectivity index (χ1v) is 6.37. The molecule has 0 aromatic carbocycles. The Morgan fingerprint density at radius 1 is 1.63 bits per heavy atom. The van der Waals surface area contributed by atoms with Gasteiger partial charge in [0.15, 0.2) is 0 Å². The van der Waals surface area contributed by atoms with Crippen LogP contribution in [0.25, 0.3) is 0 Å². The SMILES string of the molecule is CC(C)C1CC(=O)N(Cc2cc(C(=O)NN)co2)C1. The van der Waals surface area contributed by atoms with E-state index in [1.54, 1.807) is 11.0 Å². The summed E-state index contributed by atoms with van der Waals surface area (Å²) in [6.45, 7) is 5.39. The molecule has 1 aromatic rings. The van der Waals surface area contributed by atoms with E-state index < -0.39 is 5.91 Å². The highest BCUT2D eigenvalue weighted by atomic mass is 16.3. The van der Waals surface area contributed by atoms with Crippen LogP contribution in [0.1, 0.15) is 36.4 Å². The number of nitrogens with zero attached hydrogens (tertiary/aromatic N) is 1. The van der Waals surface area contributed by atoms with E-state index in [9.17, 15) is 9.59 Å². The summed E-state index contributed by atoms with van der Waals surface area (Å²) in [5, 5.41) is 0. The zero-order valence-electron chi connectivity index (χ0n) is 11.2. The van der Waals surface area contributed by atoms with Gasteiger partial charge < -0.3 is 9.32 Å². The third-order valence-electron chi connectivity index (χ3n) is 3.58. The first-order valence-electron chi connectivity index (χ1n) is 6.37. The average molecular weight is 265 g/mol. The highest BCUT2D eigenvalue weighted by Crippen LogP contribution is 2.26. The molecule has 1 aromatic heterocycles. The summed E-state index contributed by atoms with van der Waals surface area (Å²) < 4.78 is 5.28. The summed E-state index contributed by atoms with van der Waals surface area (Å²) in [5.74, 6) is 6.26. The summed E-state index contributed by atoms with van der Waals surface area (Å²) >= 11 is 0. The molecule has 1 aliphatic rings. The lowest BCUT2D eigenvalue weighted by atomic mass is 9.95. The Labute approximate surface area is 111 Å². The van der Waals surface area contributed by atoms with Gasteiger partial charge in [-0.2, -0.15) is 0 Å². The lowest BCUT2D eigenvalue weighted by Gasteiger charge is -2.16. The Bertz CT molecular complexity index is 481. The van der Waals surface area contributed by atoms with Crippen LogP contribution in [0.15, 0.2) is 16.7 Å². The van der Waals surface area contributed by atoms with E-state index in [0.717, 1.165) is 6.54 Å². The minimum Gasteiger partial charge on any atom is -0.467 e. The van der Waals surface area contributed by atoms with Crippen LogP contribution < -0.4 is 11.3 Å². The minimum atomic E-state index is -0.400. The normalized spacial score (nSPS) is 19.3. The molecule has 0 bridgehead atoms. The lowest BCUT2D eigenvalue weighted by molar-refractivity contribution is -0.128. The van der Waals surface area contributed by atoms with Gasteiger partial charge in [-0.25, -0.2) is 5.84 Å². The van der Waals surface area contributed by atoms with E-state index in [-0.39, 0.29) is 5.91 Å². The van der Waals surface area contributed by atoms with Crippen molar-refractivity contribution in [2.75, 3.05) is 6.54 Å². The molecule has 6 nitrogen and oxygen atoms in total. The van der Waals surface area contributed by atoms with Gasteiger partial charge in [-0.1, -0.05) is 13.8 Å². The molecule has 0 radical (unpaired) electrons. The number of carbonyl (C=O) groups excluding carboxylic acids is 2. The Morgan fingerprint density at radius 3 is 2.95 bits per heavy atom. The van der Waals surface area contributed by atoms with E-state index >= 15 is 0 Å². The molecule has 3 N–H and O–H groups in total. The number of rotatable bonds is 4. The van der Waals surface area contributed by atoms with E-state index in [0.29, 0.717) is 36.1 Å². The van der Waals surface area contributed by atoms with Gasteiger partial charge in [0.25, 0.3) is 5.91 Å². The molecule has 2 rings (SSSR count). The molecule has 1 atom stereocenters. The van der Waals surface area contributed by atoms with Gasteiger partial charge in [0.1, 0.15) is 12.0 Å². The number of amides is 2. The summed E-state index contributed by atoms with van der Waals surface area (Å²) in [4.78, 5) is 24.9. The fourth-order valence-corrected chi connectivity index (χ4v) is 2.26. The van der Waals surface area contributed by atoms with Crippen molar-refractivity contribution in [3.63, 3.8) is 0 Å². The standard InChI is InChI=1S/C13H19N3O3/c1-8(2)9-4-12(17)16(5-9)6-11-3-10(7-19-11)13(18)15-14/h3,7-9H,4-6,14H2,1-2H3,(H,15,18). The smallest absolute Gasteiger partial charge is 0.268 e. The van der Waals surface area contributed by atoms with Gasteiger partial charge in [0.2, 0.25) is 5.91 Å². The second kappa shape index (κ2) is 5.44. The Hall–Kier alpha value is -1.82. The number of hydrogen-bond acceptors (Lipinski definition) is 4. The van der Waals surface area contributed by atoms with Crippen molar-refractivity contribution in [1.29, 1.82) is 0 Å². The Morgan fingerprint density at radius 2 is 2.37 bits per heavy atom. The second-order valence-electron chi connectivity index (χ2n) is 5.26. The summed E-state index contributed by atoms with van der Waals surface area (Å²) in [5.41, 5.74) is 2.40. The summed E-state index contributed by atoms with van der Waals surface area (Å²) in [6, 6.07) is 1.61. The third kappa shape index (κ3) is 2.96. The topological polar surface area (TPSA) is 88.6 Å². The Balaban J connectivity index is 2.00. The zero-order valence-corrected chi connectivity index (χ0v) is 11.2. The van der Waals surface area contributed by atoms with Gasteiger partial charge in [0, 0.05) is 13.0 Å². The number of hydrazine groups is 1. The van der Waals surface area contributed by atoms with E-state index in [4.69, 9.17) is 10.3 Å². The van der Waals surface area contributed by atoms with Crippen molar-refractivity contribution in [2.24, 2.45) is 17.7 Å². The molecular formula is C13H19N3O3. The van der Waals surface area contributed by atoms with Crippen LogP contribution in [0.2, 0.25) is 0 Å². The van der Waals surface area contributed by atoms with Crippen LogP contribution in [0.3, 0.4) is 0 Å². The first-order chi connectivity index (χ1) is 9.01. The molecule has 6 heteroatoms. The van der Waals surface area contributed by atoms with Crippen molar-refractivity contribution in [1.82, 2.24) is 10.3 Å². The molecular weight excluding hydrogens is 246 g/mol. The van der Waals surface area contributed by atoms with Crippen molar-refractivity contribution < 1.29 is 14.0 Å². The number of hydrogen-bond donors (Lipinski definition) is 2. The number of nitrogen functional groups attached to an aromatic ring is 1. The quantitative estimate of drug-likeness (QED) is 0.480. The predicted octanol–water partition coefficient (Wildman–Crippen LogP) is 0.888. The van der Waals surface area contributed by atoms with Gasteiger partial charge in [-0.15, -0.1) is 0 Å². The fraction of sp³-hybridized carbons (Fsp3) is 0.538. The molecule has 0 aliphatic carbocycles. The molecule has 2 amide bonds. The largest absolute Gasteiger partial charge is 0.467 e. The van der Waals surface area contributed by atoms with E-state index in [1.165, 1.54) is 6.26 Å². The molecule has 1 saturated heterocycles. The van der Waals surface area contributed by atoms with Crippen LogP contribution >= 0.6 is 0 Å². The zero-order chi connectivity index (χ0) is 14.0. The van der Waals surface area contributed by atoms with Crippen LogP contribution in [0.5, 0.6) is 0 Å². The maximum atomic E-state index is 11.9. The molecule has 0 saturated carbocycles. The van der Waals surface area contributed by atoms with Crippen molar-refractivity contribution >= 4 is 11.8 Å². The van der Waals surface area contributed by atoms with Crippen LogP contribution in [-0.2, 0) is 11.3 Å². The Kier molecular flexibility index (Phi) is 3.90. The molecule has 1 aliphatic heterocycles. The van der Waals surface area contributed by atoms with E-state index in [1.807, 2.05) is 5.43 Å². The minimum absolute atomic E-state index is 0.139. The average Bonchev–Trinajstić information content (AvgIpc) is 2.97. The van der Waals surface area contributed by atoms with Crippen molar-refractivity contribution in [2.45, 2.75) is 26.8 Å². The number of likely N-dealkylation sites (tertiary alicyclic amines) is 1. The number of furan rings is 1. The molecule has 1 unspecified atom stereocenters. The molecule has 0 spiro atoms. The van der Waals surface area contributed by atoms with Crippen molar-refractivity contribution in [3.8, 4) is 0 Å². The highest BCUT2D eigenvalue weighted by Gasteiger charge is 2.31. The molecule has 2 heterocycles. The van der Waals surface area contributed by atoms with Gasteiger partial charge in [-0.05, 0) is 17.9 Å². The monoisotopic (exact) mass is 265 g/mol. The predicted molar refractivity (Wildman–Crippen MR) is 68.7 cm³/mol. The summed E-state index contributed by atoms with van der Waals surface area (Å²) in [7, 11) is 0. The third-order valence-corrected chi connectivity index (χ3v) is 3.58. The second-order valence-corrected chi connectivity index (χ2v) is 5.26.